The van der Waals surface area contributed by atoms with Gasteiger partial charge in [0.1, 0.15) is 53.5 Å². The van der Waals surface area contributed by atoms with Crippen LogP contribution in [0.15, 0.2) is 91.6 Å². The zero-order chi connectivity index (χ0) is 56.1. The average molecular weight is 1170 g/mol. The molecule has 4 aromatic carbocycles. The summed E-state index contributed by atoms with van der Waals surface area (Å²) in [6.07, 6.45) is 0. The quantitative estimate of drug-likeness (QED) is 0.0564. The van der Waals surface area contributed by atoms with E-state index in [9.17, 15) is 44.2 Å². The third-order valence-corrected chi connectivity index (χ3v) is 15.9. The van der Waals surface area contributed by atoms with Gasteiger partial charge >= 0.3 is 86.1 Å². The van der Waals surface area contributed by atoms with E-state index in [-0.39, 0.29) is 115 Å². The number of anilines is 5. The minimum absolute atomic E-state index is 0. The molecule has 1 N–H and O–H groups in total. The molecule has 8 rings (SSSR count). The number of azo groups is 1. The van der Waals surface area contributed by atoms with Gasteiger partial charge in [0.25, 0.3) is 0 Å². The van der Waals surface area contributed by atoms with Crippen molar-refractivity contribution in [3.63, 3.8) is 0 Å². The number of fused-ring (bicyclic) bond motifs is 2. The molecule has 80 heavy (non-hydrogen) atoms. The van der Waals surface area contributed by atoms with Crippen molar-refractivity contribution in [1.82, 2.24) is 24.7 Å². The van der Waals surface area contributed by atoms with Crippen molar-refractivity contribution in [1.29, 1.82) is 5.26 Å². The molecule has 398 valence electrons. The van der Waals surface area contributed by atoms with Gasteiger partial charge in [0.05, 0.1) is 36.3 Å². The Balaban J connectivity index is 0.00000203. The number of nitrogens with zero attached hydrogens (tertiary/aromatic N) is 9. The monoisotopic (exact) mass is 1170 g/mol. The normalized spacial score (nSPS) is 11.8. The Morgan fingerprint density at radius 2 is 1.29 bits per heavy atom. The van der Waals surface area contributed by atoms with Crippen molar-refractivity contribution < 1.29 is 127 Å². The number of hydrogen-bond acceptors (Lipinski definition) is 23. The first kappa shape index (κ1) is 69.7. The molecule has 0 aliphatic rings. The number of aryl methyl sites for hydroxylation is 3. The molecule has 22 nitrogen and oxygen atoms in total. The van der Waals surface area contributed by atoms with Gasteiger partial charge in [0.15, 0.2) is 21.9 Å². The van der Waals surface area contributed by atoms with E-state index in [1.165, 1.54) is 52.4 Å². The van der Waals surface area contributed by atoms with Crippen molar-refractivity contribution in [2.45, 2.75) is 101 Å². The molecule has 0 radical (unpaired) electrons. The van der Waals surface area contributed by atoms with E-state index in [1.807, 2.05) is 34.6 Å². The second-order valence-corrected chi connectivity index (χ2v) is 25.3. The summed E-state index contributed by atoms with van der Waals surface area (Å²) < 4.78 is 139. The molecule has 0 bridgehead atoms. The largest absolute Gasteiger partial charge is 1.00 e. The van der Waals surface area contributed by atoms with Crippen LogP contribution < -0.4 is 85.7 Å². The first-order valence-electron chi connectivity index (χ1n) is 22.4. The Labute approximate surface area is 520 Å². The summed E-state index contributed by atoms with van der Waals surface area (Å²) in [5.41, 5.74) is 3.72. The van der Waals surface area contributed by atoms with Crippen molar-refractivity contribution in [2.75, 3.05) is 10.2 Å². The van der Waals surface area contributed by atoms with Gasteiger partial charge in [-0.3, -0.25) is 4.90 Å². The maximum absolute atomic E-state index is 12.5. The van der Waals surface area contributed by atoms with Gasteiger partial charge in [-0.25, -0.2) is 40.2 Å². The zero-order valence-corrected chi connectivity index (χ0v) is 50.8. The topological polar surface area (TPSA) is 343 Å². The zero-order valence-electron chi connectivity index (χ0n) is 45.9. The van der Waals surface area contributed by atoms with Crippen LogP contribution in [0, 0.1) is 38.2 Å². The third kappa shape index (κ3) is 15.4. The number of thiazole rings is 2. The predicted molar refractivity (Wildman–Crippen MR) is 281 cm³/mol. The average Bonchev–Trinajstić information content (AvgIpc) is 4.03. The summed E-state index contributed by atoms with van der Waals surface area (Å²) >= 11 is 2.32. The van der Waals surface area contributed by atoms with Crippen LogP contribution in [0.25, 0.3) is 25.6 Å². The summed E-state index contributed by atoms with van der Waals surface area (Å²) in [6.45, 7) is 17.9. The van der Waals surface area contributed by atoms with Gasteiger partial charge in [0, 0.05) is 11.1 Å². The number of aromatic nitrogens is 5. The number of pyridine rings is 1. The van der Waals surface area contributed by atoms with E-state index in [0.717, 1.165) is 22.1 Å². The van der Waals surface area contributed by atoms with Gasteiger partial charge in [-0.2, -0.15) is 44.6 Å². The van der Waals surface area contributed by atoms with Gasteiger partial charge < -0.3 is 19.0 Å². The molecule has 0 saturated carbocycles. The van der Waals surface area contributed by atoms with Crippen LogP contribution in [-0.4, -0.2) is 76.3 Å². The molecule has 32 heteroatoms. The van der Waals surface area contributed by atoms with Crippen LogP contribution in [0.2, 0.25) is 0 Å². The minimum Gasteiger partial charge on any atom is -0.744 e. The van der Waals surface area contributed by atoms with Gasteiger partial charge in [-0.05, 0) is 114 Å². The van der Waals surface area contributed by atoms with Crippen LogP contribution in [-0.2, 0) is 46.4 Å². The van der Waals surface area contributed by atoms with E-state index < -0.39 is 67.0 Å². The van der Waals surface area contributed by atoms with Gasteiger partial charge in [-0.1, -0.05) is 64.5 Å². The Bertz CT molecular complexity index is 4180. The second kappa shape index (κ2) is 26.8. The number of hydrogen-bond donors (Lipinski definition) is 1. The Morgan fingerprint density at radius 3 is 1.82 bits per heavy atom. The molecule has 0 saturated heterocycles. The summed E-state index contributed by atoms with van der Waals surface area (Å²) in [4.78, 5) is 15.0. The SMILES string of the molecule is Cc1cc(N(c2nc3ccc(S(=O)(=O)[O-])cc3s2)c2c(C)cc(S(=O)(=O)[O-])cc2C(C)C)nc(Nc2c(C)cc(S(=O)(=O)[O-])cc2C(C)C)c1N=Nc1c(C#N)c(C(C)(C)C)nn1-c1nc2cc[c-]cc2s1.O=S(=O)=O.[Li+].[Li+].[Li+].[Li+]. The fourth-order valence-electron chi connectivity index (χ4n) is 8.02. The first-order chi connectivity index (χ1) is 35.3. The summed E-state index contributed by atoms with van der Waals surface area (Å²) in [6, 6.07) is 21.1. The van der Waals surface area contributed by atoms with Crippen molar-refractivity contribution in [3.05, 3.63) is 112 Å². The molecule has 0 unspecified atom stereocenters. The minimum atomic E-state index is -4.95. The Kier molecular flexibility index (Phi) is 23.3. The van der Waals surface area contributed by atoms with Crippen LogP contribution >= 0.6 is 22.7 Å². The number of nitrogens with one attached hydrogen (secondary N) is 1. The standard InChI is InChI=1S/C48H47N10O9S5.4Li.O3S/c1-24(2)32-20-30(71(62,63)64)17-26(5)40(32)53-44-41(54-55-45-34(23-49)43(48(8,9)10)56-58(45)47-51-35-13-11-12-14-37(35)68-47)27(6)19-39(52-44)57(42-28(7)18-31(72(65,66)67)21-33(42)25(3)4)46-50-36-16-15-29(70(59,60)61)22-38(36)69-46;;;;;1-4(2)3/h11,13-22,24-25H,1-10H3,(H,52,53)(H,59,60,61)(H,62,63,64)(H,65,66,67);;;;;/q-1;4*+1;/p-3. The molecule has 0 atom stereocenters. The number of benzene rings is 4. The molecular weight excluding hydrogens is 1130 g/mol. The number of rotatable bonds is 13. The van der Waals surface area contributed by atoms with Crippen molar-refractivity contribution >= 4 is 124 Å². The molecule has 8 aromatic rings. The van der Waals surface area contributed by atoms with Crippen LogP contribution in [0.5, 0.6) is 0 Å². The maximum Gasteiger partial charge on any atom is 1.00 e. The van der Waals surface area contributed by atoms with Crippen LogP contribution in [0.4, 0.5) is 39.6 Å². The number of nitriles is 1. The van der Waals surface area contributed by atoms with Gasteiger partial charge in [-0.15, -0.1) is 28.9 Å². The summed E-state index contributed by atoms with van der Waals surface area (Å²) in [7, 11) is -17.8. The molecule has 0 spiro atoms. The third-order valence-electron chi connectivity index (χ3n) is 11.5. The van der Waals surface area contributed by atoms with Crippen LogP contribution in [0.3, 0.4) is 0 Å². The second-order valence-electron chi connectivity index (χ2n) is 18.8. The predicted octanol–water partition coefficient (Wildman–Crippen LogP) is -2.02. The van der Waals surface area contributed by atoms with Crippen LogP contribution in [0.1, 0.15) is 99.4 Å². The van der Waals surface area contributed by atoms with Crippen molar-refractivity contribution in [3.8, 4) is 11.2 Å². The van der Waals surface area contributed by atoms with E-state index in [2.05, 4.69) is 17.5 Å². The van der Waals surface area contributed by atoms with E-state index in [4.69, 9.17) is 42.9 Å². The molecule has 0 fully saturated rings. The molecule has 0 aliphatic carbocycles. The Hall–Kier alpha value is -4.55. The van der Waals surface area contributed by atoms with E-state index in [0.29, 0.717) is 65.8 Å². The van der Waals surface area contributed by atoms with E-state index >= 15 is 0 Å². The molecule has 4 heterocycles. The van der Waals surface area contributed by atoms with E-state index in [1.54, 1.807) is 63.8 Å². The molecule has 0 amide bonds. The smallest absolute Gasteiger partial charge is 0.744 e. The van der Waals surface area contributed by atoms with Crippen molar-refractivity contribution in [2.24, 2.45) is 10.2 Å². The molecule has 0 aliphatic heterocycles. The maximum atomic E-state index is 12.5. The fourth-order valence-corrected chi connectivity index (χ4v) is 11.7. The summed E-state index contributed by atoms with van der Waals surface area (Å²) in [5, 5.41) is 29.0. The summed E-state index contributed by atoms with van der Waals surface area (Å²) in [5.74, 6) is -0.546. The van der Waals surface area contributed by atoms with Gasteiger partial charge in [0.2, 0.25) is 0 Å². The first-order valence-corrected chi connectivity index (χ1v) is 29.3. The Morgan fingerprint density at radius 1 is 0.725 bits per heavy atom. The molecule has 4 aromatic heterocycles. The molecular formula is C48H44Li4N10O12S6. The fraction of sp³-hybridized carbons (Fsp3) is 0.271.